The van der Waals surface area contributed by atoms with E-state index >= 15 is 0 Å². The molecule has 0 radical (unpaired) electrons. The third-order valence-corrected chi connectivity index (χ3v) is 8.94. The highest BCUT2D eigenvalue weighted by Crippen LogP contribution is 2.31. The zero-order valence-electron chi connectivity index (χ0n) is 22.2. The molecular formula is C31H35N3O4S. The van der Waals surface area contributed by atoms with Crippen LogP contribution < -0.4 is 15.2 Å². The number of unbranched alkanes of at least 4 members (excludes halogenated alkanes) is 1. The number of aromatic nitrogens is 1. The van der Waals surface area contributed by atoms with Gasteiger partial charge in [-0.15, -0.1) is 11.3 Å². The molecule has 0 amide bonds. The highest BCUT2D eigenvalue weighted by molar-refractivity contribution is 7.17. The Kier molecular flexibility index (Phi) is 7.83. The Morgan fingerprint density at radius 2 is 1.82 bits per heavy atom. The Morgan fingerprint density at radius 3 is 2.64 bits per heavy atom. The summed E-state index contributed by atoms with van der Waals surface area (Å²) in [5, 5.41) is 4.46. The number of nitrogens with zero attached hydrogens (tertiary/aromatic N) is 3. The van der Waals surface area contributed by atoms with Gasteiger partial charge < -0.3 is 14.4 Å². The summed E-state index contributed by atoms with van der Waals surface area (Å²) in [6.45, 7) is 5.90. The number of pyridine rings is 1. The summed E-state index contributed by atoms with van der Waals surface area (Å²) in [4.78, 5) is 29.8. The first-order valence-corrected chi connectivity index (χ1v) is 14.9. The number of piperazine rings is 1. The second-order valence-electron chi connectivity index (χ2n) is 10.5. The molecule has 2 aromatic carbocycles. The summed E-state index contributed by atoms with van der Waals surface area (Å²) >= 11 is 1.81. The average molecular weight is 546 g/mol. The first-order chi connectivity index (χ1) is 19.2. The van der Waals surface area contributed by atoms with Crippen LogP contribution in [0.5, 0.6) is 5.75 Å². The normalized spacial score (nSPS) is 16.5. The van der Waals surface area contributed by atoms with Gasteiger partial charge in [0.2, 0.25) is 0 Å². The molecule has 2 aliphatic rings. The van der Waals surface area contributed by atoms with Gasteiger partial charge in [-0.25, -0.2) is 0 Å². The van der Waals surface area contributed by atoms with Crippen molar-refractivity contribution in [1.82, 2.24) is 9.47 Å². The monoisotopic (exact) mass is 545 g/mol. The van der Waals surface area contributed by atoms with Crippen LogP contribution in [0.15, 0.2) is 64.8 Å². The minimum absolute atomic E-state index is 0.0143. The lowest BCUT2D eigenvalue weighted by molar-refractivity contribution is -0.155. The van der Waals surface area contributed by atoms with Crippen LogP contribution in [0.1, 0.15) is 32.1 Å². The molecular weight excluding hydrogens is 510 g/mol. The highest BCUT2D eigenvalue weighted by Gasteiger charge is 2.26. The molecule has 2 aromatic heterocycles. The molecule has 7 nitrogen and oxygen atoms in total. The molecule has 1 saturated carbocycles. The summed E-state index contributed by atoms with van der Waals surface area (Å²) < 4.78 is 14.4. The van der Waals surface area contributed by atoms with Crippen LogP contribution in [-0.2, 0) is 16.3 Å². The van der Waals surface area contributed by atoms with Gasteiger partial charge in [0, 0.05) is 54.1 Å². The van der Waals surface area contributed by atoms with Crippen molar-refractivity contribution < 1.29 is 14.3 Å². The standard InChI is InChI=1S/C31H35N3O4S/c35-30-12-10-23-9-11-25(21-28(23)34(30)22-38-31(36)24-5-3-6-24)37-19-2-1-14-32-15-17-33(18-16-32)27-7-4-8-29-26(27)13-20-39-29/h4,7-13,20-21,24H,1-3,5-6,14-19,22H2. The molecule has 0 bridgehead atoms. The predicted octanol–water partition coefficient (Wildman–Crippen LogP) is 5.50. The van der Waals surface area contributed by atoms with Crippen LogP contribution in [0.4, 0.5) is 5.69 Å². The molecule has 0 atom stereocenters. The summed E-state index contributed by atoms with van der Waals surface area (Å²) in [6, 6.07) is 17.9. The molecule has 1 aliphatic carbocycles. The van der Waals surface area contributed by atoms with Gasteiger partial charge in [0.25, 0.3) is 5.56 Å². The van der Waals surface area contributed by atoms with Crippen molar-refractivity contribution in [3.05, 3.63) is 70.3 Å². The zero-order valence-corrected chi connectivity index (χ0v) is 23.0. The predicted molar refractivity (Wildman–Crippen MR) is 157 cm³/mol. The van der Waals surface area contributed by atoms with Gasteiger partial charge in [-0.2, -0.15) is 0 Å². The molecule has 0 unspecified atom stereocenters. The first-order valence-electron chi connectivity index (χ1n) is 14.0. The van der Waals surface area contributed by atoms with Crippen LogP contribution in [0, 0.1) is 5.92 Å². The van der Waals surface area contributed by atoms with Crippen LogP contribution >= 0.6 is 11.3 Å². The number of fused-ring (bicyclic) bond motifs is 2. The molecule has 3 heterocycles. The topological polar surface area (TPSA) is 64.0 Å². The van der Waals surface area contributed by atoms with Gasteiger partial charge in [0.1, 0.15) is 5.75 Å². The van der Waals surface area contributed by atoms with E-state index in [2.05, 4.69) is 39.4 Å². The largest absolute Gasteiger partial charge is 0.494 e. The number of hydrogen-bond acceptors (Lipinski definition) is 7. The Hall–Kier alpha value is -3.36. The maximum atomic E-state index is 12.5. The fourth-order valence-corrected chi connectivity index (χ4v) is 6.28. The van der Waals surface area contributed by atoms with Crippen LogP contribution in [0.25, 0.3) is 21.0 Å². The molecule has 2 fully saturated rings. The van der Waals surface area contributed by atoms with E-state index in [9.17, 15) is 9.59 Å². The van der Waals surface area contributed by atoms with E-state index in [-0.39, 0.29) is 24.2 Å². The number of anilines is 1. The fraction of sp³-hybridized carbons (Fsp3) is 0.419. The SMILES string of the molecule is O=C(OCn1c(=O)ccc2ccc(OCCCCN3CCN(c4cccc5sccc45)CC3)cc21)C1CCC1. The summed E-state index contributed by atoms with van der Waals surface area (Å²) in [7, 11) is 0. The van der Waals surface area contributed by atoms with E-state index in [1.54, 1.807) is 17.4 Å². The van der Waals surface area contributed by atoms with Gasteiger partial charge in [0.15, 0.2) is 6.73 Å². The second kappa shape index (κ2) is 11.8. The van der Waals surface area contributed by atoms with Crippen molar-refractivity contribution >= 4 is 44.0 Å². The minimum atomic E-state index is -0.209. The second-order valence-corrected chi connectivity index (χ2v) is 11.5. The molecule has 204 valence electrons. The van der Waals surface area contributed by atoms with E-state index in [4.69, 9.17) is 9.47 Å². The Balaban J connectivity index is 0.968. The molecule has 0 N–H and O–H groups in total. The fourth-order valence-electron chi connectivity index (χ4n) is 5.47. The van der Waals surface area contributed by atoms with Gasteiger partial charge >= 0.3 is 5.97 Å². The van der Waals surface area contributed by atoms with E-state index < -0.39 is 0 Å². The van der Waals surface area contributed by atoms with E-state index in [0.717, 1.165) is 81.5 Å². The molecule has 0 spiro atoms. The van der Waals surface area contributed by atoms with E-state index in [1.165, 1.54) is 26.4 Å². The number of benzene rings is 2. The minimum Gasteiger partial charge on any atom is -0.494 e. The Bertz CT molecular complexity index is 1500. The maximum Gasteiger partial charge on any atom is 0.310 e. The van der Waals surface area contributed by atoms with Crippen molar-refractivity contribution in [2.45, 2.75) is 38.8 Å². The number of carbonyl (C=O) groups excluding carboxylic acids is 1. The summed E-state index contributed by atoms with van der Waals surface area (Å²) in [6.07, 6.45) is 4.87. The lowest BCUT2D eigenvalue weighted by atomic mass is 9.86. The third-order valence-electron chi connectivity index (χ3n) is 8.06. The number of thiophene rings is 1. The van der Waals surface area contributed by atoms with Crippen LogP contribution in [-0.4, -0.2) is 54.8 Å². The van der Waals surface area contributed by atoms with Crippen molar-refractivity contribution in [2.24, 2.45) is 5.92 Å². The molecule has 8 heteroatoms. The van der Waals surface area contributed by atoms with Gasteiger partial charge in [-0.3, -0.25) is 19.1 Å². The molecule has 4 aromatic rings. The summed E-state index contributed by atoms with van der Waals surface area (Å²) in [5.41, 5.74) is 1.89. The Labute approximate surface area is 232 Å². The van der Waals surface area contributed by atoms with Crippen molar-refractivity contribution in [1.29, 1.82) is 0 Å². The van der Waals surface area contributed by atoms with E-state index in [0.29, 0.717) is 6.61 Å². The molecule has 1 saturated heterocycles. The number of esters is 1. The van der Waals surface area contributed by atoms with Crippen molar-refractivity contribution in [3.63, 3.8) is 0 Å². The number of rotatable bonds is 10. The van der Waals surface area contributed by atoms with Gasteiger partial charge in [-0.05, 0) is 79.4 Å². The quantitative estimate of drug-likeness (QED) is 0.194. The lowest BCUT2D eigenvalue weighted by Crippen LogP contribution is -2.46. The van der Waals surface area contributed by atoms with Gasteiger partial charge in [-0.1, -0.05) is 12.5 Å². The zero-order chi connectivity index (χ0) is 26.6. The number of hydrogen-bond donors (Lipinski definition) is 0. The van der Waals surface area contributed by atoms with Crippen molar-refractivity contribution in [2.75, 3.05) is 44.2 Å². The smallest absolute Gasteiger partial charge is 0.310 e. The molecule has 1 aliphatic heterocycles. The number of carbonyl (C=O) groups is 1. The van der Waals surface area contributed by atoms with Crippen LogP contribution in [0.2, 0.25) is 0 Å². The Morgan fingerprint density at radius 1 is 0.974 bits per heavy atom. The first kappa shape index (κ1) is 25.9. The lowest BCUT2D eigenvalue weighted by Gasteiger charge is -2.36. The highest BCUT2D eigenvalue weighted by atomic mass is 32.1. The average Bonchev–Trinajstić information content (AvgIpc) is 3.41. The number of ether oxygens (including phenoxy) is 2. The van der Waals surface area contributed by atoms with E-state index in [1.807, 2.05) is 18.2 Å². The van der Waals surface area contributed by atoms with Crippen LogP contribution in [0.3, 0.4) is 0 Å². The molecule has 6 rings (SSSR count). The molecule has 39 heavy (non-hydrogen) atoms. The third kappa shape index (κ3) is 5.82. The van der Waals surface area contributed by atoms with Crippen molar-refractivity contribution in [3.8, 4) is 5.75 Å². The summed E-state index contributed by atoms with van der Waals surface area (Å²) in [5.74, 6) is 0.502. The maximum absolute atomic E-state index is 12.5. The van der Waals surface area contributed by atoms with Gasteiger partial charge in [0.05, 0.1) is 18.0 Å².